The average molecular weight is 368 g/mol. The highest BCUT2D eigenvalue weighted by Gasteiger charge is 2.26. The fourth-order valence-electron chi connectivity index (χ4n) is 3.19. The van der Waals surface area contributed by atoms with E-state index in [1.165, 1.54) is 0 Å². The Morgan fingerprint density at radius 3 is 2.50 bits per heavy atom. The summed E-state index contributed by atoms with van der Waals surface area (Å²) in [6.45, 7) is 0.599. The summed E-state index contributed by atoms with van der Waals surface area (Å²) in [6, 6.07) is 21.2. The van der Waals surface area contributed by atoms with Crippen molar-refractivity contribution in [3.8, 4) is 6.07 Å². The van der Waals surface area contributed by atoms with Crippen molar-refractivity contribution in [2.45, 2.75) is 6.42 Å². The largest absolute Gasteiger partial charge is 0.321 e. The number of hydrogen-bond donors (Lipinski definition) is 1. The molecule has 0 radical (unpaired) electrons. The van der Waals surface area contributed by atoms with Crippen molar-refractivity contribution in [3.63, 3.8) is 0 Å². The zero-order valence-electron chi connectivity index (χ0n) is 14.9. The molecule has 3 aromatic rings. The molecule has 6 heteroatoms. The van der Waals surface area contributed by atoms with Crippen LogP contribution in [0, 0.1) is 11.3 Å². The van der Waals surface area contributed by atoms with Gasteiger partial charge < -0.3 is 10.2 Å². The van der Waals surface area contributed by atoms with E-state index in [0.29, 0.717) is 17.8 Å². The fourth-order valence-corrected chi connectivity index (χ4v) is 3.19. The normalized spacial score (nSPS) is 12.2. The van der Waals surface area contributed by atoms with Gasteiger partial charge in [-0.15, -0.1) is 0 Å². The highest BCUT2D eigenvalue weighted by Crippen LogP contribution is 2.28. The molecule has 0 fully saturated rings. The van der Waals surface area contributed by atoms with Crippen LogP contribution in [0.2, 0.25) is 0 Å². The van der Waals surface area contributed by atoms with E-state index in [2.05, 4.69) is 10.3 Å². The van der Waals surface area contributed by atoms with Crippen LogP contribution < -0.4 is 10.2 Å². The van der Waals surface area contributed by atoms with Crippen molar-refractivity contribution >= 4 is 23.2 Å². The molecule has 0 atom stereocenters. The smallest absolute Gasteiger partial charge is 0.276 e. The van der Waals surface area contributed by atoms with Crippen molar-refractivity contribution in [3.05, 3.63) is 89.2 Å². The topological polar surface area (TPSA) is 86.1 Å². The lowest BCUT2D eigenvalue weighted by molar-refractivity contribution is 0.0984. The zero-order chi connectivity index (χ0) is 19.5. The molecule has 4 rings (SSSR count). The number of pyridine rings is 1. The number of hydrogen-bond acceptors (Lipinski definition) is 4. The predicted octanol–water partition coefficient (Wildman–Crippen LogP) is 3.41. The van der Waals surface area contributed by atoms with Gasteiger partial charge in [0.05, 0.1) is 11.6 Å². The third kappa shape index (κ3) is 3.33. The van der Waals surface area contributed by atoms with E-state index in [1.807, 2.05) is 30.3 Å². The minimum absolute atomic E-state index is 0.155. The average Bonchev–Trinajstić information content (AvgIpc) is 3.18. The minimum Gasteiger partial charge on any atom is -0.321 e. The summed E-state index contributed by atoms with van der Waals surface area (Å²) in [7, 11) is 0. The molecule has 1 aliphatic rings. The second kappa shape index (κ2) is 7.33. The number of fused-ring (bicyclic) bond motifs is 1. The lowest BCUT2D eigenvalue weighted by Crippen LogP contribution is -2.30. The van der Waals surface area contributed by atoms with Gasteiger partial charge in [0.1, 0.15) is 11.4 Å². The van der Waals surface area contributed by atoms with Crippen LogP contribution in [0.5, 0.6) is 0 Å². The van der Waals surface area contributed by atoms with Crippen molar-refractivity contribution in [2.24, 2.45) is 0 Å². The third-order valence-corrected chi connectivity index (χ3v) is 4.61. The van der Waals surface area contributed by atoms with Gasteiger partial charge in [-0.3, -0.25) is 9.59 Å². The maximum atomic E-state index is 12.9. The first-order valence-corrected chi connectivity index (χ1v) is 8.84. The molecule has 0 saturated carbocycles. The van der Waals surface area contributed by atoms with E-state index < -0.39 is 5.91 Å². The fraction of sp³-hybridized carbons (Fsp3) is 0.0909. The zero-order valence-corrected chi connectivity index (χ0v) is 14.9. The van der Waals surface area contributed by atoms with Crippen LogP contribution in [-0.2, 0) is 6.42 Å². The molecule has 6 nitrogen and oxygen atoms in total. The summed E-state index contributed by atoms with van der Waals surface area (Å²) in [5, 5.41) is 11.6. The summed E-state index contributed by atoms with van der Waals surface area (Å²) in [5.74, 6) is -0.640. The molecule has 0 saturated heterocycles. The Labute approximate surface area is 162 Å². The second-order valence-corrected chi connectivity index (χ2v) is 6.39. The molecule has 2 heterocycles. The Hall–Kier alpha value is -3.98. The maximum Gasteiger partial charge on any atom is 0.276 e. The van der Waals surface area contributed by atoms with Crippen LogP contribution in [0.25, 0.3) is 0 Å². The number of carbonyl (C=O) groups is 2. The van der Waals surface area contributed by atoms with E-state index in [9.17, 15) is 9.59 Å². The molecule has 28 heavy (non-hydrogen) atoms. The first-order valence-electron chi connectivity index (χ1n) is 8.84. The Kier molecular flexibility index (Phi) is 4.56. The van der Waals surface area contributed by atoms with Gasteiger partial charge in [0.2, 0.25) is 0 Å². The number of nitriles is 1. The lowest BCUT2D eigenvalue weighted by atomic mass is 10.2. The SMILES string of the molecule is N#Cc1ccc(NC(=O)c2cccc(C(=O)N3CCc4ccccc43)n2)cc1. The summed E-state index contributed by atoms with van der Waals surface area (Å²) in [4.78, 5) is 31.4. The molecule has 1 N–H and O–H groups in total. The van der Waals surface area contributed by atoms with E-state index in [4.69, 9.17) is 5.26 Å². The van der Waals surface area contributed by atoms with Gasteiger partial charge in [0.25, 0.3) is 11.8 Å². The number of carbonyl (C=O) groups excluding carboxylic acids is 2. The maximum absolute atomic E-state index is 12.9. The van der Waals surface area contributed by atoms with Gasteiger partial charge in [-0.25, -0.2) is 4.98 Å². The van der Waals surface area contributed by atoms with Crippen LogP contribution >= 0.6 is 0 Å². The Bertz CT molecular complexity index is 1100. The van der Waals surface area contributed by atoms with Crippen LogP contribution in [-0.4, -0.2) is 23.3 Å². The van der Waals surface area contributed by atoms with Gasteiger partial charge >= 0.3 is 0 Å². The molecule has 0 spiro atoms. The number of anilines is 2. The van der Waals surface area contributed by atoms with E-state index in [-0.39, 0.29) is 17.3 Å². The van der Waals surface area contributed by atoms with Crippen LogP contribution in [0.3, 0.4) is 0 Å². The highest BCUT2D eigenvalue weighted by atomic mass is 16.2. The van der Waals surface area contributed by atoms with Crippen molar-refractivity contribution < 1.29 is 9.59 Å². The molecule has 1 aliphatic heterocycles. The van der Waals surface area contributed by atoms with Crippen LogP contribution in [0.4, 0.5) is 11.4 Å². The molecule has 0 aliphatic carbocycles. The number of amides is 2. The molecular formula is C22H16N4O2. The Balaban J connectivity index is 1.53. The Morgan fingerprint density at radius 2 is 1.71 bits per heavy atom. The number of para-hydroxylation sites is 1. The summed E-state index contributed by atoms with van der Waals surface area (Å²) in [6.07, 6.45) is 0.806. The van der Waals surface area contributed by atoms with Gasteiger partial charge in [-0.05, 0) is 54.4 Å². The van der Waals surface area contributed by atoms with Crippen molar-refractivity contribution in [1.82, 2.24) is 4.98 Å². The molecule has 2 aromatic carbocycles. The van der Waals surface area contributed by atoms with E-state index in [0.717, 1.165) is 17.7 Å². The number of aromatic nitrogens is 1. The Morgan fingerprint density at radius 1 is 0.964 bits per heavy atom. The number of nitrogens with zero attached hydrogens (tertiary/aromatic N) is 3. The molecule has 1 aromatic heterocycles. The lowest BCUT2D eigenvalue weighted by Gasteiger charge is -2.17. The quantitative estimate of drug-likeness (QED) is 0.768. The van der Waals surface area contributed by atoms with E-state index in [1.54, 1.807) is 47.4 Å². The van der Waals surface area contributed by atoms with Crippen LogP contribution in [0.1, 0.15) is 32.1 Å². The first-order chi connectivity index (χ1) is 13.7. The number of rotatable bonds is 3. The van der Waals surface area contributed by atoms with Crippen LogP contribution in [0.15, 0.2) is 66.7 Å². The second-order valence-electron chi connectivity index (χ2n) is 6.39. The highest BCUT2D eigenvalue weighted by molar-refractivity contribution is 6.08. The number of nitrogens with one attached hydrogen (secondary N) is 1. The van der Waals surface area contributed by atoms with Gasteiger partial charge in [0, 0.05) is 17.9 Å². The van der Waals surface area contributed by atoms with Crippen molar-refractivity contribution in [2.75, 3.05) is 16.8 Å². The molecule has 2 amide bonds. The molecule has 0 unspecified atom stereocenters. The number of benzene rings is 2. The van der Waals surface area contributed by atoms with Gasteiger partial charge in [-0.2, -0.15) is 5.26 Å². The van der Waals surface area contributed by atoms with Crippen molar-refractivity contribution in [1.29, 1.82) is 5.26 Å². The molecular weight excluding hydrogens is 352 g/mol. The minimum atomic E-state index is -0.416. The summed E-state index contributed by atoms with van der Waals surface area (Å²) >= 11 is 0. The molecule has 0 bridgehead atoms. The molecule has 136 valence electrons. The summed E-state index contributed by atoms with van der Waals surface area (Å²) in [5.41, 5.74) is 3.46. The van der Waals surface area contributed by atoms with E-state index >= 15 is 0 Å². The first kappa shape index (κ1) is 17.4. The summed E-state index contributed by atoms with van der Waals surface area (Å²) < 4.78 is 0. The third-order valence-electron chi connectivity index (χ3n) is 4.61. The predicted molar refractivity (Wildman–Crippen MR) is 105 cm³/mol. The monoisotopic (exact) mass is 368 g/mol. The standard InChI is InChI=1S/C22H16N4O2/c23-14-15-8-10-17(11-9-15)24-21(27)18-5-3-6-19(25-18)22(28)26-13-12-16-4-1-2-7-20(16)26/h1-11H,12-13H2,(H,24,27). The van der Waals surface area contributed by atoms with Gasteiger partial charge in [0.15, 0.2) is 0 Å². The van der Waals surface area contributed by atoms with Gasteiger partial charge in [-0.1, -0.05) is 24.3 Å².